The van der Waals surface area contributed by atoms with Crippen LogP contribution in [0.15, 0.2) is 65.5 Å². The van der Waals surface area contributed by atoms with E-state index in [4.69, 9.17) is 9.47 Å². The third kappa shape index (κ3) is 3.67. The van der Waals surface area contributed by atoms with E-state index >= 15 is 0 Å². The van der Waals surface area contributed by atoms with Crippen molar-refractivity contribution in [3.05, 3.63) is 82.4 Å². The van der Waals surface area contributed by atoms with Crippen molar-refractivity contribution in [2.24, 2.45) is 0 Å². The third-order valence-electron chi connectivity index (χ3n) is 5.65. The molecule has 7 heteroatoms. The highest BCUT2D eigenvalue weighted by Gasteiger charge is 2.23. The minimum atomic E-state index is -0.291. The Labute approximate surface area is 184 Å². The highest BCUT2D eigenvalue weighted by Crippen LogP contribution is 2.37. The van der Waals surface area contributed by atoms with Gasteiger partial charge in [0.1, 0.15) is 17.2 Å². The number of hydrogen-bond donors (Lipinski definition) is 2. The summed E-state index contributed by atoms with van der Waals surface area (Å²) in [5.41, 5.74) is 2.26. The number of ether oxygens (including phenoxy) is 2. The van der Waals surface area contributed by atoms with Gasteiger partial charge in [0.2, 0.25) is 0 Å². The van der Waals surface area contributed by atoms with Crippen LogP contribution < -0.4 is 10.3 Å². The number of hydrogen-bond acceptors (Lipinski definition) is 4. The summed E-state index contributed by atoms with van der Waals surface area (Å²) in [6, 6.07) is 18.9. The molecule has 0 atom stereocenters. The molecule has 0 radical (unpaired) electrons. The predicted molar refractivity (Wildman–Crippen MR) is 122 cm³/mol. The number of morpholine rings is 1. The van der Waals surface area contributed by atoms with Crippen LogP contribution >= 0.6 is 0 Å². The molecule has 0 spiro atoms. The number of pyridine rings is 1. The zero-order valence-corrected chi connectivity index (χ0v) is 17.7. The molecule has 1 amide bonds. The fourth-order valence-electron chi connectivity index (χ4n) is 4.09. The Morgan fingerprint density at radius 3 is 2.50 bits per heavy atom. The van der Waals surface area contributed by atoms with E-state index in [9.17, 15) is 9.59 Å². The Kier molecular flexibility index (Phi) is 5.25. The first-order chi connectivity index (χ1) is 15.6. The fourth-order valence-corrected chi connectivity index (χ4v) is 4.09. The van der Waals surface area contributed by atoms with Crippen molar-refractivity contribution in [3.63, 3.8) is 0 Å². The predicted octanol–water partition coefficient (Wildman–Crippen LogP) is 4.10. The Balaban J connectivity index is 1.62. The second-order valence-corrected chi connectivity index (χ2v) is 7.74. The first kappa shape index (κ1) is 20.1. The van der Waals surface area contributed by atoms with Gasteiger partial charge in [-0.25, -0.2) is 0 Å². The van der Waals surface area contributed by atoms with E-state index in [1.54, 1.807) is 11.0 Å². The average Bonchev–Trinajstić information content (AvgIpc) is 3.17. The minimum Gasteiger partial charge on any atom is -0.457 e. The quantitative estimate of drug-likeness (QED) is 0.511. The van der Waals surface area contributed by atoms with E-state index in [1.807, 2.05) is 61.5 Å². The number of rotatable bonds is 4. The van der Waals surface area contributed by atoms with Crippen LogP contribution in [0.3, 0.4) is 0 Å². The van der Waals surface area contributed by atoms with Crippen LogP contribution in [0.2, 0.25) is 0 Å². The monoisotopic (exact) mass is 429 g/mol. The van der Waals surface area contributed by atoms with Crippen LogP contribution in [-0.2, 0) is 4.74 Å². The number of carbonyl (C=O) groups is 1. The SMILES string of the molecule is Cc1[nH]c(-c2ccccc2Oc2ccccc2)c2cc(C(=O)N3CCOCC3)[nH]c(=O)c12. The van der Waals surface area contributed by atoms with Gasteiger partial charge < -0.3 is 24.3 Å². The normalized spacial score (nSPS) is 14.0. The molecule has 0 unspecified atom stereocenters. The molecule has 4 aromatic rings. The Hall–Kier alpha value is -3.84. The number of nitrogens with one attached hydrogen (secondary N) is 2. The number of amides is 1. The van der Waals surface area contributed by atoms with E-state index in [0.29, 0.717) is 48.6 Å². The third-order valence-corrected chi connectivity index (χ3v) is 5.65. The highest BCUT2D eigenvalue weighted by atomic mass is 16.5. The van der Waals surface area contributed by atoms with Gasteiger partial charge >= 0.3 is 0 Å². The Bertz CT molecular complexity index is 1330. The number of aromatic amines is 2. The lowest BCUT2D eigenvalue weighted by Crippen LogP contribution is -2.41. The highest BCUT2D eigenvalue weighted by molar-refractivity contribution is 6.03. The molecule has 2 aromatic carbocycles. The second-order valence-electron chi connectivity index (χ2n) is 7.74. The number of carbonyl (C=O) groups excluding carboxylic acids is 1. The maximum Gasteiger partial charge on any atom is 0.270 e. The zero-order chi connectivity index (χ0) is 22.1. The molecule has 1 saturated heterocycles. The summed E-state index contributed by atoms with van der Waals surface area (Å²) in [6.07, 6.45) is 0. The summed E-state index contributed by atoms with van der Waals surface area (Å²) in [7, 11) is 0. The van der Waals surface area contributed by atoms with Crippen LogP contribution in [-0.4, -0.2) is 47.1 Å². The van der Waals surface area contributed by atoms with Gasteiger partial charge in [0.05, 0.1) is 24.3 Å². The molecule has 0 bridgehead atoms. The van der Waals surface area contributed by atoms with Crippen molar-refractivity contribution >= 4 is 16.7 Å². The van der Waals surface area contributed by atoms with E-state index in [1.165, 1.54) is 0 Å². The standard InChI is InChI=1S/C25H23N3O4/c1-16-22-19(15-20(27-24(22)29)25(30)28-11-13-31-14-12-28)23(26-16)18-9-5-6-10-21(18)32-17-7-3-2-4-8-17/h2-10,15,26H,11-14H2,1H3,(H,27,29). The molecule has 1 aliphatic heterocycles. The lowest BCUT2D eigenvalue weighted by molar-refractivity contribution is 0.0299. The first-order valence-electron chi connectivity index (χ1n) is 10.6. The average molecular weight is 429 g/mol. The van der Waals surface area contributed by atoms with Crippen LogP contribution in [0.5, 0.6) is 11.5 Å². The molecule has 3 heterocycles. The smallest absolute Gasteiger partial charge is 0.270 e. The van der Waals surface area contributed by atoms with Crippen LogP contribution in [0, 0.1) is 6.92 Å². The van der Waals surface area contributed by atoms with Gasteiger partial charge in [-0.3, -0.25) is 9.59 Å². The van der Waals surface area contributed by atoms with Crippen LogP contribution in [0.25, 0.3) is 22.0 Å². The molecule has 32 heavy (non-hydrogen) atoms. The largest absolute Gasteiger partial charge is 0.457 e. The number of benzene rings is 2. The number of aromatic nitrogens is 2. The molecule has 7 nitrogen and oxygen atoms in total. The van der Waals surface area contributed by atoms with E-state index in [-0.39, 0.29) is 17.2 Å². The number of nitrogens with zero attached hydrogens (tertiary/aromatic N) is 1. The van der Waals surface area contributed by atoms with Crippen molar-refractivity contribution in [3.8, 4) is 22.8 Å². The van der Waals surface area contributed by atoms with Crippen LogP contribution in [0.1, 0.15) is 16.2 Å². The Morgan fingerprint density at radius 2 is 1.72 bits per heavy atom. The summed E-state index contributed by atoms with van der Waals surface area (Å²) in [6.45, 7) is 3.86. The van der Waals surface area contributed by atoms with Crippen molar-refractivity contribution in [1.82, 2.24) is 14.9 Å². The molecule has 2 N–H and O–H groups in total. The summed E-state index contributed by atoms with van der Waals surface area (Å²) in [5.74, 6) is 1.17. The molecule has 1 fully saturated rings. The van der Waals surface area contributed by atoms with Crippen molar-refractivity contribution in [2.75, 3.05) is 26.3 Å². The molecule has 5 rings (SSSR count). The summed E-state index contributed by atoms with van der Waals surface area (Å²) >= 11 is 0. The fraction of sp³-hybridized carbons (Fsp3) is 0.200. The van der Waals surface area contributed by atoms with E-state index in [0.717, 1.165) is 17.0 Å². The Morgan fingerprint density at radius 1 is 1.00 bits per heavy atom. The van der Waals surface area contributed by atoms with Gasteiger partial charge in [0, 0.05) is 29.7 Å². The molecule has 0 saturated carbocycles. The van der Waals surface area contributed by atoms with Gasteiger partial charge in [-0.1, -0.05) is 30.3 Å². The summed E-state index contributed by atoms with van der Waals surface area (Å²) in [4.78, 5) is 33.8. The maximum atomic E-state index is 13.0. The molecule has 2 aromatic heterocycles. The van der Waals surface area contributed by atoms with Gasteiger partial charge in [0.15, 0.2) is 0 Å². The summed E-state index contributed by atoms with van der Waals surface area (Å²) in [5, 5.41) is 1.22. The van der Waals surface area contributed by atoms with Gasteiger partial charge in [-0.05, 0) is 37.3 Å². The number of para-hydroxylation sites is 2. The topological polar surface area (TPSA) is 87.4 Å². The molecular weight excluding hydrogens is 406 g/mol. The van der Waals surface area contributed by atoms with Crippen molar-refractivity contribution < 1.29 is 14.3 Å². The number of fused-ring (bicyclic) bond motifs is 1. The number of H-pyrrole nitrogens is 2. The zero-order valence-electron chi connectivity index (χ0n) is 17.7. The van der Waals surface area contributed by atoms with E-state index < -0.39 is 0 Å². The maximum absolute atomic E-state index is 13.0. The van der Waals surface area contributed by atoms with Crippen molar-refractivity contribution in [2.45, 2.75) is 6.92 Å². The van der Waals surface area contributed by atoms with Gasteiger partial charge in [0.25, 0.3) is 11.5 Å². The lowest BCUT2D eigenvalue weighted by atomic mass is 10.1. The molecule has 162 valence electrons. The lowest BCUT2D eigenvalue weighted by Gasteiger charge is -2.26. The van der Waals surface area contributed by atoms with Gasteiger partial charge in [-0.2, -0.15) is 0 Å². The number of aryl methyl sites for hydroxylation is 1. The van der Waals surface area contributed by atoms with Crippen LogP contribution in [0.4, 0.5) is 0 Å². The second kappa shape index (κ2) is 8.36. The molecule has 0 aliphatic carbocycles. The minimum absolute atomic E-state index is 0.203. The van der Waals surface area contributed by atoms with Gasteiger partial charge in [-0.15, -0.1) is 0 Å². The molecular formula is C25H23N3O4. The van der Waals surface area contributed by atoms with E-state index in [2.05, 4.69) is 9.97 Å². The summed E-state index contributed by atoms with van der Waals surface area (Å²) < 4.78 is 11.5. The van der Waals surface area contributed by atoms with Crippen molar-refractivity contribution in [1.29, 1.82) is 0 Å². The first-order valence-corrected chi connectivity index (χ1v) is 10.6. The molecule has 1 aliphatic rings.